The van der Waals surface area contributed by atoms with Gasteiger partial charge in [-0.05, 0) is 18.1 Å². The zero-order valence-corrected chi connectivity index (χ0v) is 10.7. The van der Waals surface area contributed by atoms with Gasteiger partial charge in [-0.2, -0.15) is 0 Å². The highest BCUT2D eigenvalue weighted by molar-refractivity contribution is 6.06. The van der Waals surface area contributed by atoms with E-state index >= 15 is 0 Å². The van der Waals surface area contributed by atoms with Gasteiger partial charge >= 0.3 is 0 Å². The predicted octanol–water partition coefficient (Wildman–Crippen LogP) is 2.11. The maximum atomic E-state index is 12.2. The molecule has 1 aromatic rings. The lowest BCUT2D eigenvalue weighted by atomic mass is 9.99. The fourth-order valence-corrected chi connectivity index (χ4v) is 2.15. The second-order valence-electron chi connectivity index (χ2n) is 4.62. The second kappa shape index (κ2) is 4.28. The molecule has 1 atom stereocenters. The Morgan fingerprint density at radius 1 is 1.41 bits per heavy atom. The van der Waals surface area contributed by atoms with E-state index in [0.717, 1.165) is 11.4 Å². The van der Waals surface area contributed by atoms with E-state index in [4.69, 9.17) is 4.74 Å². The molecule has 0 saturated heterocycles. The normalized spacial score (nSPS) is 19.0. The van der Waals surface area contributed by atoms with Crippen molar-refractivity contribution in [2.24, 2.45) is 5.92 Å². The average molecular weight is 234 g/mol. The van der Waals surface area contributed by atoms with Crippen molar-refractivity contribution in [3.8, 4) is 5.75 Å². The number of carbonyl (C=O) groups excluding carboxylic acids is 1. The van der Waals surface area contributed by atoms with E-state index < -0.39 is 0 Å². The predicted molar refractivity (Wildman–Crippen MR) is 68.7 cm³/mol. The molecule has 0 fully saturated rings. The van der Waals surface area contributed by atoms with Crippen molar-refractivity contribution < 1.29 is 9.53 Å². The number of ether oxygens (including phenoxy) is 1. The molecule has 1 aromatic carbocycles. The topological polar surface area (TPSA) is 41.6 Å². The summed E-state index contributed by atoms with van der Waals surface area (Å²) in [5.74, 6) is 1.05. The zero-order chi connectivity index (χ0) is 12.6. The molecular weight excluding hydrogens is 216 g/mol. The number of carbonyl (C=O) groups is 1. The minimum Gasteiger partial charge on any atom is -0.494 e. The maximum Gasteiger partial charge on any atom is 0.249 e. The summed E-state index contributed by atoms with van der Waals surface area (Å²) < 4.78 is 5.29. The van der Waals surface area contributed by atoms with Gasteiger partial charge in [0.25, 0.3) is 0 Å². The van der Waals surface area contributed by atoms with Crippen LogP contribution in [0.15, 0.2) is 18.2 Å². The highest BCUT2D eigenvalue weighted by atomic mass is 16.5. The lowest BCUT2D eigenvalue weighted by Gasteiger charge is -2.35. The maximum absolute atomic E-state index is 12.2. The van der Waals surface area contributed by atoms with Crippen LogP contribution >= 0.6 is 0 Å². The van der Waals surface area contributed by atoms with Crippen molar-refractivity contribution in [1.29, 1.82) is 0 Å². The third-order valence-electron chi connectivity index (χ3n) is 3.13. The Morgan fingerprint density at radius 3 is 2.71 bits per heavy atom. The number of hydrogen-bond donors (Lipinski definition) is 1. The Labute approximate surface area is 102 Å². The number of fused-ring (bicyclic) bond motifs is 1. The van der Waals surface area contributed by atoms with Gasteiger partial charge in [0.05, 0.1) is 12.8 Å². The number of rotatable bonds is 2. The zero-order valence-electron chi connectivity index (χ0n) is 10.7. The van der Waals surface area contributed by atoms with Gasteiger partial charge in [0.2, 0.25) is 5.91 Å². The molecule has 1 unspecified atom stereocenters. The van der Waals surface area contributed by atoms with Crippen molar-refractivity contribution in [3.05, 3.63) is 18.2 Å². The standard InChI is InChI=1S/C13H18N2O2/c1-8(2)11-13(16)15(3)12-9(14-11)6-5-7-10(12)17-4/h5-8,11,14H,1-4H3. The quantitative estimate of drug-likeness (QED) is 0.852. The first kappa shape index (κ1) is 11.8. The van der Waals surface area contributed by atoms with E-state index in [1.807, 2.05) is 32.0 Å². The molecule has 4 heteroatoms. The van der Waals surface area contributed by atoms with Crippen LogP contribution in [0.4, 0.5) is 11.4 Å². The molecule has 0 spiro atoms. The number of anilines is 2. The van der Waals surface area contributed by atoms with E-state index in [-0.39, 0.29) is 17.9 Å². The van der Waals surface area contributed by atoms with Gasteiger partial charge < -0.3 is 15.0 Å². The SMILES string of the molecule is COc1cccc2c1N(C)C(=O)C(C(C)C)N2. The van der Waals surface area contributed by atoms with Crippen molar-refractivity contribution in [1.82, 2.24) is 0 Å². The third-order valence-corrected chi connectivity index (χ3v) is 3.13. The molecule has 92 valence electrons. The van der Waals surface area contributed by atoms with E-state index in [9.17, 15) is 4.79 Å². The summed E-state index contributed by atoms with van der Waals surface area (Å²) in [6.07, 6.45) is 0. The van der Waals surface area contributed by atoms with Crippen molar-refractivity contribution in [3.63, 3.8) is 0 Å². The van der Waals surface area contributed by atoms with Crippen LogP contribution in [0.3, 0.4) is 0 Å². The molecule has 1 aliphatic heterocycles. The smallest absolute Gasteiger partial charge is 0.249 e. The summed E-state index contributed by atoms with van der Waals surface area (Å²) in [5, 5.41) is 3.28. The monoisotopic (exact) mass is 234 g/mol. The minimum absolute atomic E-state index is 0.0806. The van der Waals surface area contributed by atoms with E-state index in [0.29, 0.717) is 5.75 Å². The van der Waals surface area contributed by atoms with E-state index in [1.54, 1.807) is 19.1 Å². The molecule has 1 aliphatic rings. The Bertz CT molecular complexity index is 443. The van der Waals surface area contributed by atoms with E-state index in [2.05, 4.69) is 5.32 Å². The molecule has 0 aromatic heterocycles. The highest BCUT2D eigenvalue weighted by Gasteiger charge is 2.33. The van der Waals surface area contributed by atoms with Crippen LogP contribution in [0.25, 0.3) is 0 Å². The number of methoxy groups -OCH3 is 1. The second-order valence-corrected chi connectivity index (χ2v) is 4.62. The van der Waals surface area contributed by atoms with E-state index in [1.165, 1.54) is 0 Å². The molecule has 4 nitrogen and oxygen atoms in total. The summed E-state index contributed by atoms with van der Waals surface area (Å²) >= 11 is 0. The number of hydrogen-bond acceptors (Lipinski definition) is 3. The van der Waals surface area contributed by atoms with Gasteiger partial charge in [0, 0.05) is 7.05 Å². The molecule has 1 N–H and O–H groups in total. The van der Waals surface area contributed by atoms with Crippen LogP contribution in [-0.4, -0.2) is 26.1 Å². The summed E-state index contributed by atoms with van der Waals surface area (Å²) in [4.78, 5) is 13.9. The Hall–Kier alpha value is -1.71. The first-order valence-corrected chi connectivity index (χ1v) is 5.77. The molecule has 1 heterocycles. The highest BCUT2D eigenvalue weighted by Crippen LogP contribution is 2.39. The molecule has 1 amide bonds. The van der Waals surface area contributed by atoms with Gasteiger partial charge in [0.15, 0.2) is 0 Å². The van der Waals surface area contributed by atoms with Gasteiger partial charge in [-0.1, -0.05) is 19.9 Å². The first-order chi connectivity index (χ1) is 8.06. The molecule has 0 radical (unpaired) electrons. The lowest BCUT2D eigenvalue weighted by molar-refractivity contribution is -0.120. The fourth-order valence-electron chi connectivity index (χ4n) is 2.15. The van der Waals surface area contributed by atoms with Gasteiger partial charge in [-0.3, -0.25) is 4.79 Å². The number of amides is 1. The molecule has 0 saturated carbocycles. The summed E-state index contributed by atoms with van der Waals surface area (Å²) in [7, 11) is 3.41. The van der Waals surface area contributed by atoms with Crippen molar-refractivity contribution in [2.75, 3.05) is 24.4 Å². The van der Waals surface area contributed by atoms with Crippen LogP contribution in [0.2, 0.25) is 0 Å². The fraction of sp³-hybridized carbons (Fsp3) is 0.462. The summed E-state index contributed by atoms with van der Waals surface area (Å²) in [6.45, 7) is 4.07. The van der Waals surface area contributed by atoms with Crippen LogP contribution in [0.5, 0.6) is 5.75 Å². The van der Waals surface area contributed by atoms with Crippen LogP contribution in [0, 0.1) is 5.92 Å². The minimum atomic E-state index is -0.167. The average Bonchev–Trinajstić information content (AvgIpc) is 2.32. The Balaban J connectivity index is 2.49. The number of nitrogens with one attached hydrogen (secondary N) is 1. The Morgan fingerprint density at radius 2 is 2.12 bits per heavy atom. The molecule has 17 heavy (non-hydrogen) atoms. The summed E-state index contributed by atoms with van der Waals surface area (Å²) in [6, 6.07) is 5.58. The van der Waals surface area contributed by atoms with Crippen LogP contribution < -0.4 is 15.0 Å². The van der Waals surface area contributed by atoms with Crippen LogP contribution in [0.1, 0.15) is 13.8 Å². The number of nitrogens with zero attached hydrogens (tertiary/aromatic N) is 1. The Kier molecular flexibility index (Phi) is 2.96. The number of para-hydroxylation sites is 1. The summed E-state index contributed by atoms with van der Waals surface area (Å²) in [5.41, 5.74) is 1.77. The van der Waals surface area contributed by atoms with Crippen molar-refractivity contribution in [2.45, 2.75) is 19.9 Å². The van der Waals surface area contributed by atoms with Gasteiger partial charge in [-0.15, -0.1) is 0 Å². The number of benzene rings is 1. The van der Waals surface area contributed by atoms with Gasteiger partial charge in [0.1, 0.15) is 17.5 Å². The largest absolute Gasteiger partial charge is 0.494 e. The lowest BCUT2D eigenvalue weighted by Crippen LogP contribution is -2.48. The molecular formula is C13H18N2O2. The van der Waals surface area contributed by atoms with Crippen molar-refractivity contribution >= 4 is 17.3 Å². The first-order valence-electron chi connectivity index (χ1n) is 5.77. The van der Waals surface area contributed by atoms with Crippen LogP contribution in [-0.2, 0) is 4.79 Å². The molecule has 2 rings (SSSR count). The number of likely N-dealkylation sites (N-methyl/N-ethyl adjacent to an activating group) is 1. The van der Waals surface area contributed by atoms with Gasteiger partial charge in [-0.25, -0.2) is 0 Å². The third kappa shape index (κ3) is 1.84. The molecule has 0 aliphatic carbocycles. The molecule has 0 bridgehead atoms.